The molecule has 0 saturated heterocycles. The third kappa shape index (κ3) is 2.97. The van der Waals surface area contributed by atoms with Crippen LogP contribution in [0.25, 0.3) is 5.69 Å². The monoisotopic (exact) mass is 302 g/mol. The highest BCUT2D eigenvalue weighted by Crippen LogP contribution is 2.19. The highest BCUT2D eigenvalue weighted by molar-refractivity contribution is 6.04. The second kappa shape index (κ2) is 6.16. The van der Waals surface area contributed by atoms with Crippen LogP contribution in [-0.2, 0) is 0 Å². The van der Waals surface area contributed by atoms with E-state index in [1.54, 1.807) is 35.1 Å². The zero-order valence-electron chi connectivity index (χ0n) is 12.5. The van der Waals surface area contributed by atoms with Gasteiger partial charge in [0, 0.05) is 5.56 Å². The number of carbonyl (C=O) groups excluding carboxylic acids is 1. The normalized spacial score (nSPS) is 10.1. The number of amides is 1. The molecule has 0 bridgehead atoms. The fourth-order valence-corrected chi connectivity index (χ4v) is 2.25. The highest BCUT2D eigenvalue weighted by atomic mass is 16.1. The Morgan fingerprint density at radius 1 is 1.13 bits per heavy atom. The standard InChI is InChI=1S/C18H14N4O/c1-13-17(12-20-22(13)16-5-3-2-4-6-16)21-18(23)15-9-7-14(11-19)8-10-15/h2-10,12H,1H3,(H,21,23). The average Bonchev–Trinajstić information content (AvgIpc) is 2.96. The maximum absolute atomic E-state index is 12.3. The van der Waals surface area contributed by atoms with Crippen molar-refractivity contribution in [2.24, 2.45) is 0 Å². The first-order chi connectivity index (χ1) is 11.2. The van der Waals surface area contributed by atoms with Crippen LogP contribution in [0.4, 0.5) is 5.69 Å². The van der Waals surface area contributed by atoms with Gasteiger partial charge in [0.15, 0.2) is 0 Å². The number of carbonyl (C=O) groups is 1. The van der Waals surface area contributed by atoms with Crippen molar-refractivity contribution in [2.75, 3.05) is 5.32 Å². The Kier molecular flexibility index (Phi) is 3.89. The Balaban J connectivity index is 1.82. The topological polar surface area (TPSA) is 70.7 Å². The summed E-state index contributed by atoms with van der Waals surface area (Å²) in [5.74, 6) is -0.231. The zero-order chi connectivity index (χ0) is 16.2. The summed E-state index contributed by atoms with van der Waals surface area (Å²) in [6.07, 6.45) is 1.63. The predicted octanol–water partition coefficient (Wildman–Crippen LogP) is 3.30. The quantitative estimate of drug-likeness (QED) is 0.807. The lowest BCUT2D eigenvalue weighted by atomic mass is 10.1. The van der Waals surface area contributed by atoms with E-state index in [0.717, 1.165) is 11.4 Å². The van der Waals surface area contributed by atoms with Crippen LogP contribution < -0.4 is 5.32 Å². The summed E-state index contributed by atoms with van der Waals surface area (Å²) < 4.78 is 1.77. The summed E-state index contributed by atoms with van der Waals surface area (Å²) in [5.41, 5.74) is 3.45. The zero-order valence-corrected chi connectivity index (χ0v) is 12.5. The molecule has 0 fully saturated rings. The first-order valence-corrected chi connectivity index (χ1v) is 7.10. The molecule has 0 aliphatic rings. The Labute approximate surface area is 133 Å². The van der Waals surface area contributed by atoms with Crippen molar-refractivity contribution in [1.82, 2.24) is 9.78 Å². The number of hydrogen-bond donors (Lipinski definition) is 1. The van der Waals surface area contributed by atoms with Gasteiger partial charge in [-0.2, -0.15) is 10.4 Å². The molecule has 0 spiro atoms. The van der Waals surface area contributed by atoms with Crippen LogP contribution in [0.15, 0.2) is 60.8 Å². The summed E-state index contributed by atoms with van der Waals surface area (Å²) in [7, 11) is 0. The maximum Gasteiger partial charge on any atom is 0.255 e. The van der Waals surface area contributed by atoms with Crippen molar-refractivity contribution in [2.45, 2.75) is 6.92 Å². The van der Waals surface area contributed by atoms with Crippen LogP contribution in [0.2, 0.25) is 0 Å². The molecular formula is C18H14N4O. The van der Waals surface area contributed by atoms with Gasteiger partial charge in [-0.05, 0) is 43.3 Å². The van der Waals surface area contributed by atoms with E-state index in [1.807, 2.05) is 43.3 Å². The van der Waals surface area contributed by atoms with E-state index >= 15 is 0 Å². The summed E-state index contributed by atoms with van der Waals surface area (Å²) >= 11 is 0. The van der Waals surface area contributed by atoms with Crippen molar-refractivity contribution in [3.05, 3.63) is 77.6 Å². The van der Waals surface area contributed by atoms with E-state index in [2.05, 4.69) is 10.4 Å². The molecule has 0 atom stereocenters. The van der Waals surface area contributed by atoms with Crippen LogP contribution in [0.5, 0.6) is 0 Å². The molecule has 1 amide bonds. The van der Waals surface area contributed by atoms with Gasteiger partial charge >= 0.3 is 0 Å². The first kappa shape index (κ1) is 14.5. The van der Waals surface area contributed by atoms with Gasteiger partial charge < -0.3 is 5.32 Å². The van der Waals surface area contributed by atoms with Crippen LogP contribution in [-0.4, -0.2) is 15.7 Å². The van der Waals surface area contributed by atoms with Crippen molar-refractivity contribution in [3.8, 4) is 11.8 Å². The van der Waals surface area contributed by atoms with E-state index < -0.39 is 0 Å². The molecule has 1 heterocycles. The molecular weight excluding hydrogens is 288 g/mol. The van der Waals surface area contributed by atoms with Crippen LogP contribution in [0.3, 0.4) is 0 Å². The molecule has 3 rings (SSSR count). The van der Waals surface area contributed by atoms with Crippen LogP contribution >= 0.6 is 0 Å². The van der Waals surface area contributed by atoms with Crippen molar-refractivity contribution in [3.63, 3.8) is 0 Å². The van der Waals surface area contributed by atoms with Crippen LogP contribution in [0, 0.1) is 18.3 Å². The van der Waals surface area contributed by atoms with Gasteiger partial charge in [0.1, 0.15) is 0 Å². The number of rotatable bonds is 3. The summed E-state index contributed by atoms with van der Waals surface area (Å²) in [6.45, 7) is 1.90. The number of benzene rings is 2. The van der Waals surface area contributed by atoms with E-state index in [9.17, 15) is 4.79 Å². The summed E-state index contributed by atoms with van der Waals surface area (Å²) in [6, 6.07) is 18.2. The Hall–Kier alpha value is -3.39. The minimum Gasteiger partial charge on any atom is -0.319 e. The minimum atomic E-state index is -0.231. The Morgan fingerprint density at radius 2 is 1.83 bits per heavy atom. The van der Waals surface area contributed by atoms with Gasteiger partial charge in [0.05, 0.1) is 34.9 Å². The predicted molar refractivity (Wildman–Crippen MR) is 87.4 cm³/mol. The number of anilines is 1. The Bertz CT molecular complexity index is 874. The molecule has 1 aromatic heterocycles. The number of hydrogen-bond acceptors (Lipinski definition) is 3. The SMILES string of the molecule is Cc1c(NC(=O)c2ccc(C#N)cc2)cnn1-c1ccccc1. The second-order valence-electron chi connectivity index (χ2n) is 5.03. The fraction of sp³-hybridized carbons (Fsp3) is 0.0556. The lowest BCUT2D eigenvalue weighted by molar-refractivity contribution is 0.102. The van der Waals surface area contributed by atoms with Gasteiger partial charge in [-0.15, -0.1) is 0 Å². The minimum absolute atomic E-state index is 0.231. The molecule has 23 heavy (non-hydrogen) atoms. The van der Waals surface area contributed by atoms with E-state index in [0.29, 0.717) is 16.8 Å². The molecule has 0 aliphatic carbocycles. The summed E-state index contributed by atoms with van der Waals surface area (Å²) in [5, 5.41) is 16.0. The molecule has 1 N–H and O–H groups in total. The average molecular weight is 302 g/mol. The molecule has 5 heteroatoms. The van der Waals surface area contributed by atoms with Gasteiger partial charge in [-0.1, -0.05) is 18.2 Å². The van der Waals surface area contributed by atoms with Gasteiger partial charge in [0.2, 0.25) is 0 Å². The molecule has 2 aromatic carbocycles. The second-order valence-corrected chi connectivity index (χ2v) is 5.03. The molecule has 5 nitrogen and oxygen atoms in total. The molecule has 0 aliphatic heterocycles. The molecule has 0 saturated carbocycles. The van der Waals surface area contributed by atoms with Gasteiger partial charge in [0.25, 0.3) is 5.91 Å². The van der Waals surface area contributed by atoms with E-state index in [1.165, 1.54) is 0 Å². The third-order valence-corrected chi connectivity index (χ3v) is 3.53. The number of nitrogens with one attached hydrogen (secondary N) is 1. The Morgan fingerprint density at radius 3 is 2.48 bits per heavy atom. The van der Waals surface area contributed by atoms with Gasteiger partial charge in [-0.3, -0.25) is 4.79 Å². The highest BCUT2D eigenvalue weighted by Gasteiger charge is 2.12. The van der Waals surface area contributed by atoms with Crippen molar-refractivity contribution in [1.29, 1.82) is 5.26 Å². The first-order valence-electron chi connectivity index (χ1n) is 7.10. The van der Waals surface area contributed by atoms with E-state index in [4.69, 9.17) is 5.26 Å². The number of aromatic nitrogens is 2. The number of nitriles is 1. The lowest BCUT2D eigenvalue weighted by Crippen LogP contribution is -2.12. The molecule has 0 unspecified atom stereocenters. The number of nitrogens with zero attached hydrogens (tertiary/aromatic N) is 3. The van der Waals surface area contributed by atoms with Crippen LogP contribution in [0.1, 0.15) is 21.6 Å². The third-order valence-electron chi connectivity index (χ3n) is 3.53. The number of para-hydroxylation sites is 1. The lowest BCUT2D eigenvalue weighted by Gasteiger charge is -2.07. The maximum atomic E-state index is 12.3. The van der Waals surface area contributed by atoms with Crippen molar-refractivity contribution < 1.29 is 4.79 Å². The fourth-order valence-electron chi connectivity index (χ4n) is 2.25. The van der Waals surface area contributed by atoms with Crippen molar-refractivity contribution >= 4 is 11.6 Å². The molecule has 0 radical (unpaired) electrons. The smallest absolute Gasteiger partial charge is 0.255 e. The molecule has 112 valence electrons. The van der Waals surface area contributed by atoms with E-state index in [-0.39, 0.29) is 5.91 Å². The summed E-state index contributed by atoms with van der Waals surface area (Å²) in [4.78, 5) is 12.3. The largest absolute Gasteiger partial charge is 0.319 e. The van der Waals surface area contributed by atoms with Gasteiger partial charge in [-0.25, -0.2) is 4.68 Å². The molecule has 3 aromatic rings.